The second-order valence-corrected chi connectivity index (χ2v) is 9.77. The molecule has 0 unspecified atom stereocenters. The molecule has 0 saturated carbocycles. The lowest BCUT2D eigenvalue weighted by atomic mass is 10.1. The molecule has 1 aromatic carbocycles. The van der Waals surface area contributed by atoms with Gasteiger partial charge in [0.15, 0.2) is 0 Å². The van der Waals surface area contributed by atoms with Crippen molar-refractivity contribution < 1.29 is 23.9 Å². The fourth-order valence-corrected chi connectivity index (χ4v) is 1.85. The number of hydrogen-bond acceptors (Lipinski definition) is 5. The van der Waals surface area contributed by atoms with E-state index < -0.39 is 44.6 Å². The van der Waals surface area contributed by atoms with Gasteiger partial charge in [-0.25, -0.2) is 0 Å². The first kappa shape index (κ1) is 23.4. The highest BCUT2D eigenvalue weighted by molar-refractivity contribution is 6.68. The third kappa shape index (κ3) is 9.35. The smallest absolute Gasteiger partial charge is 0.330 e. The lowest BCUT2D eigenvalue weighted by molar-refractivity contribution is -0.163. The quantitative estimate of drug-likeness (QED) is 0.373. The molecule has 0 aliphatic carbocycles. The van der Waals surface area contributed by atoms with Gasteiger partial charge in [0.25, 0.3) is 0 Å². The molecule has 0 heterocycles. The van der Waals surface area contributed by atoms with Gasteiger partial charge >= 0.3 is 11.9 Å². The number of amides is 1. The molecular formula is C14H11Cl6NO5. The summed E-state index contributed by atoms with van der Waals surface area (Å²) in [6, 6.07) is 8.04. The van der Waals surface area contributed by atoms with Crippen molar-refractivity contribution in [1.82, 2.24) is 0 Å². The van der Waals surface area contributed by atoms with Gasteiger partial charge in [0.1, 0.15) is 13.2 Å². The Balaban J connectivity index is 2.90. The first-order valence-electron chi connectivity index (χ1n) is 6.72. The summed E-state index contributed by atoms with van der Waals surface area (Å²) in [5.74, 6) is -5.63. The second-order valence-electron chi connectivity index (χ2n) is 4.73. The summed E-state index contributed by atoms with van der Waals surface area (Å²) in [4.78, 5) is 36.6. The normalized spacial score (nSPS) is 11.8. The van der Waals surface area contributed by atoms with Crippen molar-refractivity contribution in [2.45, 2.75) is 7.59 Å². The molecule has 0 saturated heterocycles. The minimum Gasteiger partial charge on any atom is -0.460 e. The summed E-state index contributed by atoms with van der Waals surface area (Å²) in [7, 11) is 0. The van der Waals surface area contributed by atoms with E-state index in [1.165, 1.54) is 12.1 Å². The Bertz CT molecular complexity index is 613. The van der Waals surface area contributed by atoms with Gasteiger partial charge in [-0.2, -0.15) is 0 Å². The Labute approximate surface area is 178 Å². The Morgan fingerprint density at radius 1 is 0.846 bits per heavy atom. The number of alkyl halides is 6. The average molecular weight is 486 g/mol. The first-order valence-corrected chi connectivity index (χ1v) is 8.98. The molecule has 0 bridgehead atoms. The van der Waals surface area contributed by atoms with Crippen LogP contribution in [0.1, 0.15) is 0 Å². The van der Waals surface area contributed by atoms with Crippen LogP contribution in [-0.4, -0.2) is 38.6 Å². The van der Waals surface area contributed by atoms with Crippen LogP contribution in [0.15, 0.2) is 30.3 Å². The van der Waals surface area contributed by atoms with Crippen LogP contribution < -0.4 is 5.32 Å². The van der Waals surface area contributed by atoms with Crippen LogP contribution in [0.4, 0.5) is 5.69 Å². The number of esters is 2. The van der Waals surface area contributed by atoms with Crippen LogP contribution in [0.25, 0.3) is 0 Å². The van der Waals surface area contributed by atoms with E-state index in [1.807, 2.05) is 0 Å². The van der Waals surface area contributed by atoms with Gasteiger partial charge in [0.2, 0.25) is 19.4 Å². The average Bonchev–Trinajstić information content (AvgIpc) is 2.51. The Morgan fingerprint density at radius 3 is 1.65 bits per heavy atom. The highest BCUT2D eigenvalue weighted by Crippen LogP contribution is 2.28. The maximum Gasteiger partial charge on any atom is 0.330 e. The topological polar surface area (TPSA) is 81.7 Å². The highest BCUT2D eigenvalue weighted by atomic mass is 35.6. The molecular weight excluding hydrogens is 475 g/mol. The number of benzene rings is 1. The molecule has 1 N–H and O–H groups in total. The van der Waals surface area contributed by atoms with Crippen molar-refractivity contribution >= 4 is 93.1 Å². The van der Waals surface area contributed by atoms with E-state index in [9.17, 15) is 14.4 Å². The van der Waals surface area contributed by atoms with Crippen LogP contribution in [0, 0.1) is 5.92 Å². The van der Waals surface area contributed by atoms with Crippen LogP contribution >= 0.6 is 69.6 Å². The molecule has 0 aliphatic rings. The van der Waals surface area contributed by atoms with E-state index in [4.69, 9.17) is 69.6 Å². The van der Waals surface area contributed by atoms with Crippen molar-refractivity contribution in [1.29, 1.82) is 0 Å². The van der Waals surface area contributed by atoms with Crippen molar-refractivity contribution in [3.8, 4) is 0 Å². The Kier molecular flexibility index (Phi) is 9.06. The van der Waals surface area contributed by atoms with Gasteiger partial charge in [-0.3, -0.25) is 14.4 Å². The standard InChI is InChI=1S/C14H11Cl6NO5/c15-13(16,17)6-25-11(23)9(12(24)26-7-14(18,19)20)10(22)21-8-4-2-1-3-5-8/h1-5,9H,6-7H2,(H,21,22). The van der Waals surface area contributed by atoms with Crippen molar-refractivity contribution in [2.24, 2.45) is 5.92 Å². The maximum absolute atomic E-state index is 12.3. The SMILES string of the molecule is O=C(Nc1ccccc1)C(C(=O)OCC(Cl)(Cl)Cl)C(=O)OCC(Cl)(Cl)Cl. The number of para-hydroxylation sites is 1. The van der Waals surface area contributed by atoms with Crippen molar-refractivity contribution in [3.63, 3.8) is 0 Å². The lowest BCUT2D eigenvalue weighted by Gasteiger charge is -2.18. The van der Waals surface area contributed by atoms with Crippen LogP contribution in [0.5, 0.6) is 0 Å². The fourth-order valence-electron chi connectivity index (χ4n) is 1.52. The molecule has 1 aromatic rings. The first-order chi connectivity index (χ1) is 11.9. The number of rotatable bonds is 6. The summed E-state index contributed by atoms with van der Waals surface area (Å²) in [5.41, 5.74) is 0.325. The van der Waals surface area contributed by atoms with Gasteiger partial charge in [0, 0.05) is 5.69 Å². The molecule has 0 spiro atoms. The van der Waals surface area contributed by atoms with E-state index >= 15 is 0 Å². The van der Waals surface area contributed by atoms with Crippen LogP contribution in [0.2, 0.25) is 0 Å². The summed E-state index contributed by atoms with van der Waals surface area (Å²) in [6.45, 7) is -1.38. The lowest BCUT2D eigenvalue weighted by Crippen LogP contribution is -2.40. The van der Waals surface area contributed by atoms with Gasteiger partial charge in [-0.05, 0) is 12.1 Å². The molecule has 1 amide bonds. The molecule has 0 aliphatic heterocycles. The summed E-state index contributed by atoms with van der Waals surface area (Å²) >= 11 is 32.9. The molecule has 26 heavy (non-hydrogen) atoms. The van der Waals surface area contributed by atoms with Crippen molar-refractivity contribution in [3.05, 3.63) is 30.3 Å². The number of halogens is 6. The molecule has 12 heteroatoms. The zero-order valence-electron chi connectivity index (χ0n) is 12.7. The molecule has 144 valence electrons. The minimum absolute atomic E-state index is 0.325. The summed E-state index contributed by atoms with van der Waals surface area (Å²) in [6.07, 6.45) is 0. The minimum atomic E-state index is -2.02. The fraction of sp³-hybridized carbons (Fsp3) is 0.357. The largest absolute Gasteiger partial charge is 0.460 e. The number of carbonyl (C=O) groups excluding carboxylic acids is 3. The second kappa shape index (κ2) is 10.1. The van der Waals surface area contributed by atoms with E-state index in [1.54, 1.807) is 18.2 Å². The number of carbonyl (C=O) groups is 3. The Hall–Kier alpha value is -0.630. The van der Waals surface area contributed by atoms with Gasteiger partial charge in [-0.1, -0.05) is 87.8 Å². The summed E-state index contributed by atoms with van der Waals surface area (Å²) < 4.78 is 5.50. The van der Waals surface area contributed by atoms with E-state index in [-0.39, 0.29) is 0 Å². The maximum atomic E-state index is 12.3. The molecule has 0 fully saturated rings. The molecule has 0 radical (unpaired) electrons. The predicted molar refractivity (Wildman–Crippen MR) is 101 cm³/mol. The van der Waals surface area contributed by atoms with Crippen LogP contribution in [-0.2, 0) is 23.9 Å². The summed E-state index contributed by atoms with van der Waals surface area (Å²) in [5, 5.41) is 2.36. The highest BCUT2D eigenvalue weighted by Gasteiger charge is 2.39. The Morgan fingerprint density at radius 2 is 1.27 bits per heavy atom. The molecule has 1 rings (SSSR count). The molecule has 0 atom stereocenters. The van der Waals surface area contributed by atoms with E-state index in [0.717, 1.165) is 0 Å². The number of nitrogens with one attached hydrogen (secondary N) is 1. The van der Waals surface area contributed by atoms with E-state index in [2.05, 4.69) is 14.8 Å². The molecule has 0 aromatic heterocycles. The van der Waals surface area contributed by atoms with Gasteiger partial charge in [-0.15, -0.1) is 0 Å². The number of hydrogen-bond donors (Lipinski definition) is 1. The van der Waals surface area contributed by atoms with E-state index in [0.29, 0.717) is 5.69 Å². The van der Waals surface area contributed by atoms with Crippen molar-refractivity contribution in [2.75, 3.05) is 18.5 Å². The third-order valence-corrected chi connectivity index (χ3v) is 3.19. The number of anilines is 1. The zero-order chi connectivity index (χ0) is 20.0. The van der Waals surface area contributed by atoms with Crippen LogP contribution in [0.3, 0.4) is 0 Å². The predicted octanol–water partition coefficient (Wildman–Crippen LogP) is 4.07. The third-order valence-electron chi connectivity index (χ3n) is 2.53. The molecule has 6 nitrogen and oxygen atoms in total. The van der Waals surface area contributed by atoms with Gasteiger partial charge < -0.3 is 14.8 Å². The monoisotopic (exact) mass is 483 g/mol. The van der Waals surface area contributed by atoms with Gasteiger partial charge in [0.05, 0.1) is 0 Å². The number of ether oxygens (including phenoxy) is 2. The zero-order valence-corrected chi connectivity index (χ0v) is 17.2.